The lowest BCUT2D eigenvalue weighted by Crippen LogP contribution is -2.41. The number of carbonyl (C=O) groups is 2. The molecular formula is C24H30N2O3. The van der Waals surface area contributed by atoms with E-state index in [9.17, 15) is 9.59 Å². The van der Waals surface area contributed by atoms with E-state index in [1.165, 1.54) is 5.56 Å². The van der Waals surface area contributed by atoms with Gasteiger partial charge in [-0.15, -0.1) is 0 Å². The molecule has 0 aliphatic heterocycles. The van der Waals surface area contributed by atoms with Crippen molar-refractivity contribution in [3.63, 3.8) is 0 Å². The maximum atomic E-state index is 12.8. The molecule has 2 aromatic carbocycles. The van der Waals surface area contributed by atoms with E-state index in [0.29, 0.717) is 30.4 Å². The first kappa shape index (κ1) is 20.9. The maximum Gasteiger partial charge on any atom is 0.255 e. The Balaban J connectivity index is 1.61. The number of hydrogen-bond donors (Lipinski definition) is 1. The number of nitrogens with one attached hydrogen (secondary N) is 1. The number of nitrogens with zero attached hydrogens (tertiary/aromatic N) is 1. The molecule has 3 rings (SSSR count). The van der Waals surface area contributed by atoms with Gasteiger partial charge in [0.25, 0.3) is 5.91 Å². The third-order valence-corrected chi connectivity index (χ3v) is 5.14. The van der Waals surface area contributed by atoms with E-state index in [1.807, 2.05) is 17.9 Å². The quantitative estimate of drug-likeness (QED) is 0.696. The van der Waals surface area contributed by atoms with Gasteiger partial charge in [-0.25, -0.2) is 0 Å². The molecule has 154 valence electrons. The fraction of sp³-hybridized carbons (Fsp3) is 0.417. The fourth-order valence-corrected chi connectivity index (χ4v) is 3.30. The summed E-state index contributed by atoms with van der Waals surface area (Å²) in [6.45, 7) is 7.25. The van der Waals surface area contributed by atoms with Crippen LogP contribution in [-0.2, 0) is 11.3 Å². The van der Waals surface area contributed by atoms with Crippen LogP contribution < -0.4 is 10.1 Å². The third-order valence-electron chi connectivity index (χ3n) is 5.14. The van der Waals surface area contributed by atoms with Crippen molar-refractivity contribution >= 4 is 11.8 Å². The number of carbonyl (C=O) groups excluding carboxylic acids is 2. The van der Waals surface area contributed by atoms with Gasteiger partial charge in [-0.1, -0.05) is 50.2 Å². The van der Waals surface area contributed by atoms with Crippen LogP contribution in [0, 0.1) is 0 Å². The molecule has 0 heterocycles. The molecule has 0 saturated heterocycles. The predicted octanol–water partition coefficient (Wildman–Crippen LogP) is 4.13. The number of rotatable bonds is 9. The van der Waals surface area contributed by atoms with Crippen molar-refractivity contribution in [1.29, 1.82) is 0 Å². The van der Waals surface area contributed by atoms with Crippen LogP contribution >= 0.6 is 0 Å². The Morgan fingerprint density at radius 1 is 1.10 bits per heavy atom. The summed E-state index contributed by atoms with van der Waals surface area (Å²) >= 11 is 0. The van der Waals surface area contributed by atoms with Gasteiger partial charge in [0.15, 0.2) is 0 Å². The Morgan fingerprint density at radius 2 is 1.79 bits per heavy atom. The molecule has 2 amide bonds. The molecule has 5 heteroatoms. The summed E-state index contributed by atoms with van der Waals surface area (Å²) < 4.78 is 5.51. The van der Waals surface area contributed by atoms with Crippen molar-refractivity contribution < 1.29 is 14.3 Å². The zero-order valence-corrected chi connectivity index (χ0v) is 17.5. The number of para-hydroxylation sites is 1. The van der Waals surface area contributed by atoms with Gasteiger partial charge in [-0.3, -0.25) is 9.59 Å². The molecule has 0 bridgehead atoms. The monoisotopic (exact) mass is 394 g/mol. The highest BCUT2D eigenvalue weighted by Gasteiger charge is 2.32. The van der Waals surface area contributed by atoms with Crippen LogP contribution in [0.1, 0.15) is 61.0 Å². The highest BCUT2D eigenvalue weighted by Crippen LogP contribution is 2.28. The molecule has 0 radical (unpaired) electrons. The van der Waals surface area contributed by atoms with Crippen molar-refractivity contribution in [3.05, 3.63) is 65.2 Å². The van der Waals surface area contributed by atoms with E-state index < -0.39 is 0 Å². The molecule has 5 nitrogen and oxygen atoms in total. The van der Waals surface area contributed by atoms with Crippen molar-refractivity contribution in [2.45, 2.75) is 52.1 Å². The third kappa shape index (κ3) is 5.59. The second-order valence-corrected chi connectivity index (χ2v) is 7.76. The van der Waals surface area contributed by atoms with Gasteiger partial charge < -0.3 is 15.0 Å². The van der Waals surface area contributed by atoms with E-state index in [4.69, 9.17) is 4.74 Å². The summed E-state index contributed by atoms with van der Waals surface area (Å²) in [5, 5.41) is 2.76. The molecule has 0 unspecified atom stereocenters. The number of benzene rings is 2. The van der Waals surface area contributed by atoms with Gasteiger partial charge in [0.2, 0.25) is 5.91 Å². The molecule has 0 atom stereocenters. The topological polar surface area (TPSA) is 58.6 Å². The normalized spacial score (nSPS) is 13.2. The molecule has 29 heavy (non-hydrogen) atoms. The van der Waals surface area contributed by atoms with Gasteiger partial charge >= 0.3 is 0 Å². The lowest BCUT2D eigenvalue weighted by Gasteiger charge is -2.23. The van der Waals surface area contributed by atoms with E-state index in [1.54, 1.807) is 18.2 Å². The molecule has 1 aliphatic carbocycles. The summed E-state index contributed by atoms with van der Waals surface area (Å²) in [6, 6.07) is 15.8. The van der Waals surface area contributed by atoms with Gasteiger partial charge in [-0.05, 0) is 48.9 Å². The average Bonchev–Trinajstić information content (AvgIpc) is 3.56. The first-order chi connectivity index (χ1) is 14.0. The second-order valence-electron chi connectivity index (χ2n) is 7.76. The minimum atomic E-state index is -0.292. The van der Waals surface area contributed by atoms with Crippen LogP contribution in [0.25, 0.3) is 0 Å². The van der Waals surface area contributed by atoms with Crippen LogP contribution in [-0.4, -0.2) is 35.9 Å². The van der Waals surface area contributed by atoms with Crippen LogP contribution in [0.4, 0.5) is 0 Å². The second kappa shape index (κ2) is 9.59. The zero-order chi connectivity index (χ0) is 20.8. The largest absolute Gasteiger partial charge is 0.493 e. The van der Waals surface area contributed by atoms with Crippen LogP contribution in [0.15, 0.2) is 48.5 Å². The summed E-state index contributed by atoms with van der Waals surface area (Å²) in [6.07, 6.45) is 2.05. The number of amides is 2. The lowest BCUT2D eigenvalue weighted by atomic mass is 10.0. The van der Waals surface area contributed by atoms with Crippen molar-refractivity contribution in [2.75, 3.05) is 13.2 Å². The summed E-state index contributed by atoms with van der Waals surface area (Å²) in [7, 11) is 0. The Morgan fingerprint density at radius 3 is 2.41 bits per heavy atom. The Hall–Kier alpha value is -2.82. The lowest BCUT2D eigenvalue weighted by molar-refractivity contribution is -0.131. The maximum absolute atomic E-state index is 12.8. The molecule has 0 spiro atoms. The molecule has 0 aromatic heterocycles. The standard InChI is InChI=1S/C24H30N2O3/c1-4-29-22-8-6-5-7-21(22)24(28)25-15-23(27)26(20-13-14-20)16-18-9-11-19(12-10-18)17(2)3/h5-12,17,20H,4,13-16H2,1-3H3,(H,25,28). The Labute approximate surface area is 173 Å². The minimum Gasteiger partial charge on any atom is -0.493 e. The first-order valence-corrected chi connectivity index (χ1v) is 10.4. The average molecular weight is 395 g/mol. The van der Waals surface area contributed by atoms with Crippen LogP contribution in [0.5, 0.6) is 5.75 Å². The SMILES string of the molecule is CCOc1ccccc1C(=O)NCC(=O)N(Cc1ccc(C(C)C)cc1)C1CC1. The summed E-state index contributed by atoms with van der Waals surface area (Å²) in [4.78, 5) is 27.3. The van der Waals surface area contributed by atoms with Crippen LogP contribution in [0.2, 0.25) is 0 Å². The van der Waals surface area contributed by atoms with Crippen molar-refractivity contribution in [3.8, 4) is 5.75 Å². The van der Waals surface area contributed by atoms with E-state index >= 15 is 0 Å². The predicted molar refractivity (Wildman–Crippen MR) is 114 cm³/mol. The van der Waals surface area contributed by atoms with E-state index in [-0.39, 0.29) is 24.4 Å². The molecule has 1 N–H and O–H groups in total. The summed E-state index contributed by atoms with van der Waals surface area (Å²) in [5.41, 5.74) is 2.85. The zero-order valence-electron chi connectivity index (χ0n) is 17.5. The Bertz CT molecular complexity index is 841. The van der Waals surface area contributed by atoms with Gasteiger partial charge in [0.1, 0.15) is 5.75 Å². The molecular weight excluding hydrogens is 364 g/mol. The van der Waals surface area contributed by atoms with Gasteiger partial charge in [-0.2, -0.15) is 0 Å². The van der Waals surface area contributed by atoms with Crippen LogP contribution in [0.3, 0.4) is 0 Å². The van der Waals surface area contributed by atoms with Gasteiger partial charge in [0, 0.05) is 12.6 Å². The van der Waals surface area contributed by atoms with E-state index in [0.717, 1.165) is 18.4 Å². The summed E-state index contributed by atoms with van der Waals surface area (Å²) in [5.74, 6) is 0.673. The minimum absolute atomic E-state index is 0.0140. The van der Waals surface area contributed by atoms with E-state index in [2.05, 4.69) is 43.4 Å². The molecule has 2 aromatic rings. The number of ether oxygens (including phenoxy) is 1. The molecule has 1 aliphatic rings. The number of hydrogen-bond acceptors (Lipinski definition) is 3. The highest BCUT2D eigenvalue weighted by molar-refractivity contribution is 5.98. The van der Waals surface area contributed by atoms with Crippen molar-refractivity contribution in [2.24, 2.45) is 0 Å². The van der Waals surface area contributed by atoms with Crippen molar-refractivity contribution in [1.82, 2.24) is 10.2 Å². The highest BCUT2D eigenvalue weighted by atomic mass is 16.5. The Kier molecular flexibility index (Phi) is 6.91. The molecule has 1 fully saturated rings. The first-order valence-electron chi connectivity index (χ1n) is 10.4. The fourth-order valence-electron chi connectivity index (χ4n) is 3.30. The molecule has 1 saturated carbocycles. The smallest absolute Gasteiger partial charge is 0.255 e. The van der Waals surface area contributed by atoms with Gasteiger partial charge in [0.05, 0.1) is 18.7 Å².